The van der Waals surface area contributed by atoms with Crippen LogP contribution in [0.3, 0.4) is 0 Å². The Morgan fingerprint density at radius 3 is 2.88 bits per heavy atom. The molecule has 4 rings (SSSR count). The number of aryl methyl sites for hydroxylation is 1. The molecule has 2 heterocycles. The number of nitrogens with zero attached hydrogens (tertiary/aromatic N) is 1. The quantitative estimate of drug-likeness (QED) is 0.749. The van der Waals surface area contributed by atoms with Crippen molar-refractivity contribution < 1.29 is 14.3 Å². The third-order valence-corrected chi connectivity index (χ3v) is 5.16. The first-order chi connectivity index (χ1) is 11.6. The van der Waals surface area contributed by atoms with Gasteiger partial charge in [0.1, 0.15) is 6.61 Å². The highest BCUT2D eigenvalue weighted by Crippen LogP contribution is 2.34. The van der Waals surface area contributed by atoms with Crippen LogP contribution in [0.1, 0.15) is 5.56 Å². The Morgan fingerprint density at radius 1 is 1.29 bits per heavy atom. The highest BCUT2D eigenvalue weighted by molar-refractivity contribution is 7.23. The van der Waals surface area contributed by atoms with E-state index in [1.54, 1.807) is 6.07 Å². The number of rotatable bonds is 2. The maximum Gasteiger partial charge on any atom is 0.270 e. The molecule has 1 aliphatic rings. The van der Waals surface area contributed by atoms with Gasteiger partial charge in [-0.05, 0) is 30.7 Å². The Kier molecular flexibility index (Phi) is 3.78. The molecule has 0 aliphatic carbocycles. The molecule has 1 atom stereocenters. The molecule has 1 N–H and O–H groups in total. The van der Waals surface area contributed by atoms with E-state index in [9.17, 15) is 4.79 Å². The standard InChI is InChI=1S/C17H13ClN2O3S/c1-9-6-7-10(18)15-14(9)19-17(24-15)20-16(21)13-8-22-11-4-2-3-5-12(11)23-13/h2-7,13H,8H2,1H3,(H,19,20,21)/t13-/m0/s1. The number of thiazole rings is 1. The van der Waals surface area contributed by atoms with Crippen molar-refractivity contribution >= 4 is 44.2 Å². The van der Waals surface area contributed by atoms with E-state index in [1.807, 2.05) is 37.3 Å². The monoisotopic (exact) mass is 360 g/mol. The summed E-state index contributed by atoms with van der Waals surface area (Å²) >= 11 is 7.54. The highest BCUT2D eigenvalue weighted by Gasteiger charge is 2.28. The molecule has 2 aromatic carbocycles. The Morgan fingerprint density at radius 2 is 2.08 bits per heavy atom. The first-order valence-corrected chi connectivity index (χ1v) is 8.56. The molecule has 24 heavy (non-hydrogen) atoms. The lowest BCUT2D eigenvalue weighted by Gasteiger charge is -2.25. The number of anilines is 1. The van der Waals surface area contributed by atoms with Gasteiger partial charge in [0.25, 0.3) is 5.91 Å². The number of hydrogen-bond donors (Lipinski definition) is 1. The number of aromatic nitrogens is 1. The summed E-state index contributed by atoms with van der Waals surface area (Å²) < 4.78 is 12.1. The van der Waals surface area contributed by atoms with E-state index in [0.29, 0.717) is 21.7 Å². The average molecular weight is 361 g/mol. The fraction of sp³-hybridized carbons (Fsp3) is 0.176. The largest absolute Gasteiger partial charge is 0.485 e. The fourth-order valence-electron chi connectivity index (χ4n) is 2.49. The second-order valence-corrected chi connectivity index (χ2v) is 6.82. The number of hydrogen-bond acceptors (Lipinski definition) is 5. The van der Waals surface area contributed by atoms with Crippen molar-refractivity contribution in [1.82, 2.24) is 4.98 Å². The summed E-state index contributed by atoms with van der Waals surface area (Å²) in [6.07, 6.45) is -0.719. The van der Waals surface area contributed by atoms with Crippen LogP contribution in [-0.4, -0.2) is 23.6 Å². The number of para-hydroxylation sites is 2. The van der Waals surface area contributed by atoms with Gasteiger partial charge in [-0.15, -0.1) is 0 Å². The van der Waals surface area contributed by atoms with Crippen LogP contribution < -0.4 is 14.8 Å². The molecule has 122 valence electrons. The molecule has 0 saturated heterocycles. The predicted molar refractivity (Wildman–Crippen MR) is 94.3 cm³/mol. The number of carbonyl (C=O) groups excluding carboxylic acids is 1. The molecular weight excluding hydrogens is 348 g/mol. The second-order valence-electron chi connectivity index (χ2n) is 5.41. The topological polar surface area (TPSA) is 60.5 Å². The van der Waals surface area contributed by atoms with Crippen LogP contribution in [0.5, 0.6) is 11.5 Å². The lowest BCUT2D eigenvalue weighted by Crippen LogP contribution is -2.40. The first-order valence-electron chi connectivity index (χ1n) is 7.37. The number of ether oxygens (including phenoxy) is 2. The predicted octanol–water partition coefficient (Wildman–Crippen LogP) is 4.04. The van der Waals surface area contributed by atoms with Crippen LogP contribution in [0.25, 0.3) is 10.2 Å². The van der Waals surface area contributed by atoms with E-state index in [0.717, 1.165) is 15.8 Å². The molecule has 1 aliphatic heterocycles. The molecule has 1 aromatic heterocycles. The zero-order chi connectivity index (χ0) is 16.7. The van der Waals surface area contributed by atoms with Crippen molar-refractivity contribution in [3.05, 3.63) is 47.0 Å². The van der Waals surface area contributed by atoms with Crippen LogP contribution in [0, 0.1) is 6.92 Å². The molecule has 1 amide bonds. The molecule has 0 unspecified atom stereocenters. The van der Waals surface area contributed by atoms with Gasteiger partial charge in [0.05, 0.1) is 15.2 Å². The molecule has 0 fully saturated rings. The number of fused-ring (bicyclic) bond motifs is 2. The maximum atomic E-state index is 12.4. The van der Waals surface area contributed by atoms with Crippen LogP contribution in [0.4, 0.5) is 5.13 Å². The SMILES string of the molecule is Cc1ccc(Cl)c2sc(NC(=O)[C@@H]3COc4ccccc4O3)nc12. The smallest absolute Gasteiger partial charge is 0.270 e. The molecule has 3 aromatic rings. The Hall–Kier alpha value is -2.31. The minimum absolute atomic E-state index is 0.160. The van der Waals surface area contributed by atoms with E-state index < -0.39 is 6.10 Å². The van der Waals surface area contributed by atoms with E-state index >= 15 is 0 Å². The van der Waals surface area contributed by atoms with E-state index in [4.69, 9.17) is 21.1 Å². The molecule has 0 saturated carbocycles. The van der Waals surface area contributed by atoms with E-state index in [2.05, 4.69) is 10.3 Å². The van der Waals surface area contributed by atoms with Crippen LogP contribution in [0.15, 0.2) is 36.4 Å². The number of halogens is 1. The number of nitrogens with one attached hydrogen (secondary N) is 1. The number of benzene rings is 2. The average Bonchev–Trinajstić information content (AvgIpc) is 3.03. The Balaban J connectivity index is 1.55. The van der Waals surface area contributed by atoms with Gasteiger partial charge in [-0.2, -0.15) is 0 Å². The van der Waals surface area contributed by atoms with E-state index in [-0.39, 0.29) is 12.5 Å². The minimum Gasteiger partial charge on any atom is -0.485 e. The highest BCUT2D eigenvalue weighted by atomic mass is 35.5. The fourth-order valence-corrected chi connectivity index (χ4v) is 3.71. The molecule has 0 bridgehead atoms. The minimum atomic E-state index is -0.719. The molecular formula is C17H13ClN2O3S. The molecule has 0 radical (unpaired) electrons. The summed E-state index contributed by atoms with van der Waals surface area (Å²) in [6, 6.07) is 11.0. The normalized spacial score (nSPS) is 16.2. The van der Waals surface area contributed by atoms with Gasteiger partial charge < -0.3 is 9.47 Å². The van der Waals surface area contributed by atoms with Crippen molar-refractivity contribution in [2.45, 2.75) is 13.0 Å². The van der Waals surface area contributed by atoms with Crippen molar-refractivity contribution in [2.75, 3.05) is 11.9 Å². The zero-order valence-electron chi connectivity index (χ0n) is 12.7. The summed E-state index contributed by atoms with van der Waals surface area (Å²) in [4.78, 5) is 16.9. The third kappa shape index (κ3) is 2.68. The van der Waals surface area contributed by atoms with Crippen molar-refractivity contribution in [3.8, 4) is 11.5 Å². The lowest BCUT2D eigenvalue weighted by atomic mass is 10.2. The summed E-state index contributed by atoms with van der Waals surface area (Å²) in [6.45, 7) is 2.12. The van der Waals surface area contributed by atoms with Gasteiger partial charge in [-0.25, -0.2) is 4.98 Å². The van der Waals surface area contributed by atoms with Gasteiger partial charge in [0.2, 0.25) is 6.10 Å². The summed E-state index contributed by atoms with van der Waals surface area (Å²) in [5, 5.41) is 3.91. The maximum absolute atomic E-state index is 12.4. The molecule has 0 spiro atoms. The third-order valence-electron chi connectivity index (χ3n) is 3.73. The van der Waals surface area contributed by atoms with Gasteiger partial charge in [0, 0.05) is 0 Å². The summed E-state index contributed by atoms with van der Waals surface area (Å²) in [5.74, 6) is 0.911. The second kappa shape index (κ2) is 5.96. The number of carbonyl (C=O) groups is 1. The summed E-state index contributed by atoms with van der Waals surface area (Å²) in [5.41, 5.74) is 1.81. The molecule has 7 heteroatoms. The van der Waals surface area contributed by atoms with Gasteiger partial charge in [-0.3, -0.25) is 10.1 Å². The van der Waals surface area contributed by atoms with Crippen molar-refractivity contribution in [1.29, 1.82) is 0 Å². The lowest BCUT2D eigenvalue weighted by molar-refractivity contribution is -0.125. The van der Waals surface area contributed by atoms with E-state index in [1.165, 1.54) is 11.3 Å². The summed E-state index contributed by atoms with van der Waals surface area (Å²) in [7, 11) is 0. The van der Waals surface area contributed by atoms with Gasteiger partial charge in [-0.1, -0.05) is 41.1 Å². The first kappa shape index (κ1) is 15.2. The van der Waals surface area contributed by atoms with Crippen molar-refractivity contribution in [2.24, 2.45) is 0 Å². The molecule has 5 nitrogen and oxygen atoms in total. The van der Waals surface area contributed by atoms with Gasteiger partial charge >= 0.3 is 0 Å². The van der Waals surface area contributed by atoms with Crippen LogP contribution >= 0.6 is 22.9 Å². The number of amides is 1. The zero-order valence-corrected chi connectivity index (χ0v) is 14.3. The van der Waals surface area contributed by atoms with Gasteiger partial charge in [0.15, 0.2) is 16.6 Å². The Bertz CT molecular complexity index is 902. The van der Waals surface area contributed by atoms with Crippen molar-refractivity contribution in [3.63, 3.8) is 0 Å². The van der Waals surface area contributed by atoms with Crippen LogP contribution in [-0.2, 0) is 4.79 Å². The van der Waals surface area contributed by atoms with Crippen LogP contribution in [0.2, 0.25) is 5.02 Å². The Labute approximate surface area is 147 Å².